The summed E-state index contributed by atoms with van der Waals surface area (Å²) in [7, 11) is 0. The minimum absolute atomic E-state index is 0.0490. The van der Waals surface area contributed by atoms with Gasteiger partial charge in [-0.15, -0.1) is 0 Å². The number of hydrogen-bond acceptors (Lipinski definition) is 4. The Morgan fingerprint density at radius 1 is 0.889 bits per heavy atom. The van der Waals surface area contributed by atoms with Crippen molar-refractivity contribution in [2.45, 2.75) is 0 Å². The van der Waals surface area contributed by atoms with Crippen LogP contribution in [0.1, 0.15) is 5.56 Å². The first-order valence-corrected chi connectivity index (χ1v) is 6.03. The van der Waals surface area contributed by atoms with Crippen LogP contribution >= 0.6 is 0 Å². The zero-order valence-electron chi connectivity index (χ0n) is 10.5. The van der Waals surface area contributed by atoms with Crippen LogP contribution in [0.25, 0.3) is 6.08 Å². The lowest BCUT2D eigenvalue weighted by molar-refractivity contribution is 0.0204. The maximum absolute atomic E-state index is 8.47. The van der Waals surface area contributed by atoms with E-state index < -0.39 is 0 Å². The van der Waals surface area contributed by atoms with Gasteiger partial charge in [-0.2, -0.15) is 0 Å². The van der Waals surface area contributed by atoms with Gasteiger partial charge in [0.05, 0.1) is 39.3 Å². The summed E-state index contributed by atoms with van der Waals surface area (Å²) in [6, 6.07) is 9.96. The quantitative estimate of drug-likeness (QED) is 0.508. The minimum Gasteiger partial charge on any atom is -0.499 e. The molecule has 0 saturated carbocycles. The van der Waals surface area contributed by atoms with Crippen molar-refractivity contribution < 1.29 is 19.3 Å². The summed E-state index contributed by atoms with van der Waals surface area (Å²) in [5.41, 5.74) is 1.11. The summed E-state index contributed by atoms with van der Waals surface area (Å²) < 4.78 is 15.6. The van der Waals surface area contributed by atoms with E-state index in [1.807, 2.05) is 36.4 Å². The lowest BCUT2D eigenvalue weighted by atomic mass is 10.2. The average molecular weight is 252 g/mol. The van der Waals surface area contributed by atoms with Gasteiger partial charge in [0.25, 0.3) is 0 Å². The summed E-state index contributed by atoms with van der Waals surface area (Å²) in [5.74, 6) is 0. The van der Waals surface area contributed by atoms with E-state index in [1.165, 1.54) is 0 Å². The maximum atomic E-state index is 8.47. The molecule has 1 rings (SSSR count). The Morgan fingerprint density at radius 2 is 1.56 bits per heavy atom. The molecule has 4 nitrogen and oxygen atoms in total. The van der Waals surface area contributed by atoms with E-state index in [9.17, 15) is 0 Å². The van der Waals surface area contributed by atoms with Gasteiger partial charge in [0.15, 0.2) is 0 Å². The molecule has 0 aliphatic rings. The van der Waals surface area contributed by atoms with Gasteiger partial charge in [0.1, 0.15) is 6.61 Å². The molecule has 1 aromatic carbocycles. The zero-order chi connectivity index (χ0) is 12.9. The molecule has 0 aromatic heterocycles. The third-order valence-electron chi connectivity index (χ3n) is 2.11. The largest absolute Gasteiger partial charge is 0.499 e. The molecule has 18 heavy (non-hydrogen) atoms. The predicted molar refractivity (Wildman–Crippen MR) is 70.2 cm³/mol. The van der Waals surface area contributed by atoms with Crippen molar-refractivity contribution >= 4 is 6.08 Å². The van der Waals surface area contributed by atoms with Crippen LogP contribution in [-0.4, -0.2) is 44.7 Å². The van der Waals surface area contributed by atoms with Crippen LogP contribution in [0.2, 0.25) is 0 Å². The first-order valence-electron chi connectivity index (χ1n) is 6.03. The predicted octanol–water partition coefficient (Wildman–Crippen LogP) is 1.70. The molecule has 4 heteroatoms. The molecule has 1 aromatic rings. The molecular formula is C14H20O4. The van der Waals surface area contributed by atoms with Gasteiger partial charge in [-0.25, -0.2) is 0 Å². The molecule has 0 amide bonds. The Kier molecular flexibility index (Phi) is 8.80. The number of rotatable bonds is 10. The maximum Gasteiger partial charge on any atom is 0.111 e. The first-order chi connectivity index (χ1) is 8.93. The fourth-order valence-electron chi connectivity index (χ4n) is 1.25. The van der Waals surface area contributed by atoms with Crippen LogP contribution in [0.15, 0.2) is 36.6 Å². The highest BCUT2D eigenvalue weighted by atomic mass is 16.5. The van der Waals surface area contributed by atoms with Crippen LogP contribution in [0.5, 0.6) is 0 Å². The smallest absolute Gasteiger partial charge is 0.111 e. The molecule has 0 aliphatic heterocycles. The second-order valence-electron chi connectivity index (χ2n) is 3.53. The fourth-order valence-corrected chi connectivity index (χ4v) is 1.25. The first kappa shape index (κ1) is 14.7. The molecule has 0 aliphatic carbocycles. The van der Waals surface area contributed by atoms with Crippen molar-refractivity contribution in [3.05, 3.63) is 42.2 Å². The Labute approximate surface area is 108 Å². The van der Waals surface area contributed by atoms with Crippen LogP contribution in [0.4, 0.5) is 0 Å². The number of ether oxygens (including phenoxy) is 3. The highest BCUT2D eigenvalue weighted by Gasteiger charge is 1.89. The van der Waals surface area contributed by atoms with Gasteiger partial charge in [0.2, 0.25) is 0 Å². The van der Waals surface area contributed by atoms with Crippen molar-refractivity contribution in [1.29, 1.82) is 0 Å². The second-order valence-corrected chi connectivity index (χ2v) is 3.53. The van der Waals surface area contributed by atoms with E-state index in [4.69, 9.17) is 19.3 Å². The lowest BCUT2D eigenvalue weighted by Crippen LogP contribution is -2.09. The molecule has 0 atom stereocenters. The third-order valence-corrected chi connectivity index (χ3v) is 2.11. The van der Waals surface area contributed by atoms with E-state index >= 15 is 0 Å². The van der Waals surface area contributed by atoms with E-state index in [-0.39, 0.29) is 6.61 Å². The summed E-state index contributed by atoms with van der Waals surface area (Å²) in [6.07, 6.45) is 3.57. The lowest BCUT2D eigenvalue weighted by Gasteiger charge is -2.04. The normalized spacial score (nSPS) is 10.9. The van der Waals surface area contributed by atoms with Gasteiger partial charge >= 0.3 is 0 Å². The van der Waals surface area contributed by atoms with Gasteiger partial charge in [-0.05, 0) is 11.6 Å². The summed E-state index contributed by atoms with van der Waals surface area (Å²) in [6.45, 7) is 2.48. The van der Waals surface area contributed by atoms with Gasteiger partial charge < -0.3 is 19.3 Å². The Bertz CT molecular complexity index is 311. The topological polar surface area (TPSA) is 47.9 Å². The summed E-state index contributed by atoms with van der Waals surface area (Å²) in [5, 5.41) is 8.47. The SMILES string of the molecule is OCCOCCOCCOC=Cc1ccccc1. The van der Waals surface area contributed by atoms with Crippen molar-refractivity contribution in [1.82, 2.24) is 0 Å². The molecule has 100 valence electrons. The molecular weight excluding hydrogens is 232 g/mol. The minimum atomic E-state index is 0.0490. The van der Waals surface area contributed by atoms with Crippen molar-refractivity contribution in [2.75, 3.05) is 39.6 Å². The zero-order valence-corrected chi connectivity index (χ0v) is 10.5. The number of aliphatic hydroxyl groups is 1. The Balaban J connectivity index is 1.91. The van der Waals surface area contributed by atoms with Gasteiger partial charge in [-0.3, -0.25) is 0 Å². The molecule has 0 heterocycles. The van der Waals surface area contributed by atoms with Crippen molar-refractivity contribution in [2.24, 2.45) is 0 Å². The molecule has 1 N–H and O–H groups in total. The summed E-state index contributed by atoms with van der Waals surface area (Å²) >= 11 is 0. The monoisotopic (exact) mass is 252 g/mol. The average Bonchev–Trinajstić information content (AvgIpc) is 2.42. The fraction of sp³-hybridized carbons (Fsp3) is 0.429. The molecule has 0 spiro atoms. The van der Waals surface area contributed by atoms with Crippen LogP contribution in [-0.2, 0) is 14.2 Å². The second kappa shape index (κ2) is 10.8. The van der Waals surface area contributed by atoms with E-state index in [0.717, 1.165) is 5.56 Å². The number of benzene rings is 1. The summed E-state index contributed by atoms with van der Waals surface area (Å²) in [4.78, 5) is 0. The number of aliphatic hydroxyl groups excluding tert-OH is 1. The Morgan fingerprint density at radius 3 is 2.28 bits per heavy atom. The van der Waals surface area contributed by atoms with Crippen LogP contribution < -0.4 is 0 Å². The number of hydrogen-bond donors (Lipinski definition) is 1. The van der Waals surface area contributed by atoms with E-state index in [2.05, 4.69) is 0 Å². The van der Waals surface area contributed by atoms with E-state index in [0.29, 0.717) is 33.0 Å². The standard InChI is InChI=1S/C14H20O4/c15-7-9-17-11-13-18-12-10-16-8-6-14-4-2-1-3-5-14/h1-6,8,15H,7,9-13H2. The molecule has 0 bridgehead atoms. The third kappa shape index (κ3) is 7.84. The Hall–Kier alpha value is -1.36. The molecule has 0 saturated heterocycles. The van der Waals surface area contributed by atoms with Crippen LogP contribution in [0, 0.1) is 0 Å². The van der Waals surface area contributed by atoms with Crippen molar-refractivity contribution in [3.8, 4) is 0 Å². The van der Waals surface area contributed by atoms with E-state index in [1.54, 1.807) is 6.26 Å². The van der Waals surface area contributed by atoms with Gasteiger partial charge in [-0.1, -0.05) is 30.3 Å². The molecule has 0 fully saturated rings. The highest BCUT2D eigenvalue weighted by Crippen LogP contribution is 2.00. The van der Waals surface area contributed by atoms with Crippen LogP contribution in [0.3, 0.4) is 0 Å². The van der Waals surface area contributed by atoms with Gasteiger partial charge in [0, 0.05) is 0 Å². The highest BCUT2D eigenvalue weighted by molar-refractivity contribution is 5.47. The molecule has 0 radical (unpaired) electrons. The molecule has 0 unspecified atom stereocenters. The van der Waals surface area contributed by atoms with Crippen molar-refractivity contribution in [3.63, 3.8) is 0 Å².